The zero-order valence-electron chi connectivity index (χ0n) is 10.1. The van der Waals surface area contributed by atoms with Gasteiger partial charge in [-0.1, -0.05) is 11.8 Å². The summed E-state index contributed by atoms with van der Waals surface area (Å²) in [7, 11) is 3.59. The molecule has 0 bridgehead atoms. The first-order valence-corrected chi connectivity index (χ1v) is 6.70. The van der Waals surface area contributed by atoms with Crippen LogP contribution in [0.25, 0.3) is 0 Å². The molecular weight excluding hydrogens is 240 g/mol. The molecule has 0 aliphatic heterocycles. The number of nitrogens with one attached hydrogen (secondary N) is 2. The Hall–Kier alpha value is -0.790. The maximum Gasteiger partial charge on any atom is 0.344 e. The quantitative estimate of drug-likeness (QED) is 0.685. The summed E-state index contributed by atoms with van der Waals surface area (Å²) < 4.78 is 6.87. The first kappa shape index (κ1) is 12.7. The van der Waals surface area contributed by atoms with Crippen molar-refractivity contribution in [1.82, 2.24) is 20.1 Å². The molecule has 1 aromatic rings. The van der Waals surface area contributed by atoms with E-state index < -0.39 is 0 Å². The SMILES string of the molecule is CNC(COC)CSc1n[nH]c(=O)n1C1CC1. The van der Waals surface area contributed by atoms with E-state index in [9.17, 15) is 4.79 Å². The monoisotopic (exact) mass is 258 g/mol. The normalized spacial score (nSPS) is 17.3. The molecule has 1 unspecified atom stereocenters. The van der Waals surface area contributed by atoms with Gasteiger partial charge in [-0.15, -0.1) is 5.10 Å². The summed E-state index contributed by atoms with van der Waals surface area (Å²) in [4.78, 5) is 11.6. The topological polar surface area (TPSA) is 71.9 Å². The van der Waals surface area contributed by atoms with Gasteiger partial charge in [0.2, 0.25) is 0 Å². The molecule has 96 valence electrons. The predicted octanol–water partition coefficient (Wildman–Crippen LogP) is 0.233. The fraction of sp³-hybridized carbons (Fsp3) is 0.800. The molecule has 0 amide bonds. The van der Waals surface area contributed by atoms with Crippen molar-refractivity contribution in [1.29, 1.82) is 0 Å². The van der Waals surface area contributed by atoms with Gasteiger partial charge in [0, 0.05) is 24.9 Å². The van der Waals surface area contributed by atoms with Crippen LogP contribution in [0.5, 0.6) is 0 Å². The van der Waals surface area contributed by atoms with Crippen LogP contribution in [0.4, 0.5) is 0 Å². The second-order valence-electron chi connectivity index (χ2n) is 4.16. The first-order valence-electron chi connectivity index (χ1n) is 5.72. The lowest BCUT2D eigenvalue weighted by Crippen LogP contribution is -2.32. The minimum atomic E-state index is -0.0947. The lowest BCUT2D eigenvalue weighted by atomic mass is 10.4. The highest BCUT2D eigenvalue weighted by molar-refractivity contribution is 7.99. The van der Waals surface area contributed by atoms with Gasteiger partial charge in [-0.25, -0.2) is 9.89 Å². The number of hydrogen-bond donors (Lipinski definition) is 2. The molecule has 1 aliphatic carbocycles. The van der Waals surface area contributed by atoms with E-state index in [0.717, 1.165) is 23.8 Å². The zero-order valence-corrected chi connectivity index (χ0v) is 10.9. The second kappa shape index (κ2) is 5.70. The largest absolute Gasteiger partial charge is 0.383 e. The third kappa shape index (κ3) is 3.11. The van der Waals surface area contributed by atoms with Crippen molar-refractivity contribution >= 4 is 11.8 Å². The van der Waals surface area contributed by atoms with Crippen molar-refractivity contribution in [3.05, 3.63) is 10.5 Å². The van der Waals surface area contributed by atoms with E-state index in [1.165, 1.54) is 0 Å². The summed E-state index contributed by atoms with van der Waals surface area (Å²) in [6.07, 6.45) is 2.17. The summed E-state index contributed by atoms with van der Waals surface area (Å²) in [5, 5.41) is 10.5. The molecule has 6 nitrogen and oxygen atoms in total. The van der Waals surface area contributed by atoms with Crippen molar-refractivity contribution in [3.8, 4) is 0 Å². The Morgan fingerprint density at radius 1 is 1.71 bits per heavy atom. The molecule has 0 spiro atoms. The highest BCUT2D eigenvalue weighted by Crippen LogP contribution is 2.36. The van der Waals surface area contributed by atoms with E-state index in [4.69, 9.17) is 4.74 Å². The van der Waals surface area contributed by atoms with Crippen LogP contribution in [0, 0.1) is 0 Å². The molecule has 1 saturated carbocycles. The van der Waals surface area contributed by atoms with Gasteiger partial charge >= 0.3 is 5.69 Å². The summed E-state index contributed by atoms with van der Waals surface area (Å²) in [5.41, 5.74) is -0.0947. The highest BCUT2D eigenvalue weighted by atomic mass is 32.2. The fourth-order valence-electron chi connectivity index (χ4n) is 1.64. The van der Waals surface area contributed by atoms with E-state index in [-0.39, 0.29) is 11.7 Å². The minimum absolute atomic E-state index is 0.0947. The Balaban J connectivity index is 1.96. The lowest BCUT2D eigenvalue weighted by Gasteiger charge is -2.14. The molecule has 2 rings (SSSR count). The van der Waals surface area contributed by atoms with Gasteiger partial charge < -0.3 is 10.1 Å². The Labute approximate surface area is 104 Å². The lowest BCUT2D eigenvalue weighted by molar-refractivity contribution is 0.177. The Bertz CT molecular complexity index is 413. The van der Waals surface area contributed by atoms with Crippen LogP contribution >= 0.6 is 11.8 Å². The molecule has 1 heterocycles. The van der Waals surface area contributed by atoms with E-state index in [2.05, 4.69) is 15.5 Å². The summed E-state index contributed by atoms with van der Waals surface area (Å²) >= 11 is 1.59. The Morgan fingerprint density at radius 2 is 2.47 bits per heavy atom. The molecule has 0 saturated heterocycles. The van der Waals surface area contributed by atoms with E-state index in [1.54, 1.807) is 23.4 Å². The number of likely N-dealkylation sites (N-methyl/N-ethyl adjacent to an activating group) is 1. The van der Waals surface area contributed by atoms with Crippen LogP contribution in [0.2, 0.25) is 0 Å². The average Bonchev–Trinajstić information content (AvgIpc) is 3.09. The van der Waals surface area contributed by atoms with Crippen molar-refractivity contribution in [2.75, 3.05) is 26.5 Å². The third-order valence-corrected chi connectivity index (χ3v) is 3.89. The number of thioether (sulfide) groups is 1. The third-order valence-electron chi connectivity index (χ3n) is 2.77. The smallest absolute Gasteiger partial charge is 0.344 e. The first-order chi connectivity index (χ1) is 8.26. The maximum absolute atomic E-state index is 11.6. The molecule has 1 aromatic heterocycles. The van der Waals surface area contributed by atoms with Crippen molar-refractivity contribution in [2.24, 2.45) is 0 Å². The number of hydrogen-bond acceptors (Lipinski definition) is 5. The van der Waals surface area contributed by atoms with Crippen molar-refractivity contribution in [2.45, 2.75) is 30.1 Å². The number of methoxy groups -OCH3 is 1. The van der Waals surface area contributed by atoms with Crippen LogP contribution in [0.1, 0.15) is 18.9 Å². The predicted molar refractivity (Wildman–Crippen MR) is 66.6 cm³/mol. The maximum atomic E-state index is 11.6. The summed E-state index contributed by atoms with van der Waals surface area (Å²) in [6.45, 7) is 0.654. The van der Waals surface area contributed by atoms with Gasteiger partial charge in [0.05, 0.1) is 6.61 Å². The molecule has 1 atom stereocenters. The van der Waals surface area contributed by atoms with Crippen molar-refractivity contribution in [3.63, 3.8) is 0 Å². The Morgan fingerprint density at radius 3 is 3.06 bits per heavy atom. The van der Waals surface area contributed by atoms with Crippen LogP contribution in [0.3, 0.4) is 0 Å². The van der Waals surface area contributed by atoms with Crippen LogP contribution < -0.4 is 11.0 Å². The number of aromatic nitrogens is 3. The number of H-pyrrole nitrogens is 1. The van der Waals surface area contributed by atoms with Gasteiger partial charge in [-0.05, 0) is 19.9 Å². The Kier molecular flexibility index (Phi) is 4.25. The number of rotatable bonds is 7. The number of nitrogens with zero attached hydrogens (tertiary/aromatic N) is 2. The molecule has 7 heteroatoms. The second-order valence-corrected chi connectivity index (χ2v) is 5.15. The van der Waals surface area contributed by atoms with Crippen LogP contribution in [0.15, 0.2) is 9.95 Å². The van der Waals surface area contributed by atoms with Gasteiger partial charge in [-0.2, -0.15) is 0 Å². The number of ether oxygens (including phenoxy) is 1. The fourth-order valence-corrected chi connectivity index (χ4v) is 2.73. The average molecular weight is 258 g/mol. The van der Waals surface area contributed by atoms with Gasteiger partial charge in [-0.3, -0.25) is 4.57 Å². The summed E-state index contributed by atoms with van der Waals surface area (Å²) in [5.74, 6) is 0.835. The standard InChI is InChI=1S/C10H18N4O2S/c1-11-7(5-16-2)6-17-10-13-12-9(15)14(10)8-3-4-8/h7-8,11H,3-6H2,1-2H3,(H,12,15). The molecule has 1 fully saturated rings. The van der Waals surface area contributed by atoms with Crippen LogP contribution in [-0.4, -0.2) is 47.3 Å². The minimum Gasteiger partial charge on any atom is -0.383 e. The zero-order chi connectivity index (χ0) is 12.3. The van der Waals surface area contributed by atoms with E-state index >= 15 is 0 Å². The molecule has 0 aromatic carbocycles. The van der Waals surface area contributed by atoms with Gasteiger partial charge in [0.15, 0.2) is 5.16 Å². The van der Waals surface area contributed by atoms with Gasteiger partial charge in [0.1, 0.15) is 0 Å². The molecule has 0 radical (unpaired) electrons. The van der Waals surface area contributed by atoms with E-state index in [1.807, 2.05) is 7.05 Å². The molecule has 17 heavy (non-hydrogen) atoms. The molecule has 2 N–H and O–H groups in total. The molecule has 1 aliphatic rings. The highest BCUT2D eigenvalue weighted by Gasteiger charge is 2.28. The van der Waals surface area contributed by atoms with Crippen molar-refractivity contribution < 1.29 is 4.74 Å². The van der Waals surface area contributed by atoms with Crippen LogP contribution in [-0.2, 0) is 4.74 Å². The molecular formula is C10H18N4O2S. The van der Waals surface area contributed by atoms with E-state index in [0.29, 0.717) is 12.6 Å². The summed E-state index contributed by atoms with van der Waals surface area (Å²) in [6, 6.07) is 0.628. The number of aromatic amines is 1. The van der Waals surface area contributed by atoms with Gasteiger partial charge in [0.25, 0.3) is 0 Å².